The van der Waals surface area contributed by atoms with E-state index in [9.17, 15) is 18.0 Å². The number of rotatable bonds is 4. The summed E-state index contributed by atoms with van der Waals surface area (Å²) in [6, 6.07) is 3.26. The summed E-state index contributed by atoms with van der Waals surface area (Å²) in [6.07, 6.45) is -2.66. The van der Waals surface area contributed by atoms with E-state index in [2.05, 4.69) is 0 Å². The van der Waals surface area contributed by atoms with Crippen molar-refractivity contribution in [3.05, 3.63) is 29.3 Å². The lowest BCUT2D eigenvalue weighted by Gasteiger charge is -2.16. The lowest BCUT2D eigenvalue weighted by atomic mass is 10.1. The van der Waals surface area contributed by atoms with Crippen LogP contribution in [0.5, 0.6) is 5.75 Å². The molecule has 3 nitrogen and oxygen atoms in total. The monoisotopic (exact) mass is 274 g/mol. The van der Waals surface area contributed by atoms with E-state index in [1.54, 1.807) is 0 Å². The first kappa shape index (κ1) is 13.9. The average Bonchev–Trinajstić information content (AvgIpc) is 2.88. The Bertz CT molecular complexity index is 451. The Balaban J connectivity index is 2.15. The molecule has 0 amide bonds. The van der Waals surface area contributed by atoms with Crippen LogP contribution >= 0.6 is 0 Å². The summed E-state index contributed by atoms with van der Waals surface area (Å²) < 4.78 is 49.0. The molecule has 1 aliphatic rings. The molecule has 2 rings (SSSR count). The van der Waals surface area contributed by atoms with Gasteiger partial charge < -0.3 is 9.47 Å². The van der Waals surface area contributed by atoms with Gasteiger partial charge in [0.2, 0.25) is 0 Å². The second kappa shape index (κ2) is 5.61. The molecule has 0 aromatic heterocycles. The third-order valence-electron chi connectivity index (χ3n) is 2.89. The normalized spacial score (nSPS) is 19.4. The number of carbonyl (C=O) groups excluding carboxylic acids is 1. The lowest BCUT2D eigenvalue weighted by molar-refractivity contribution is -0.139. The molecule has 19 heavy (non-hydrogen) atoms. The molecular weight excluding hydrogens is 261 g/mol. The van der Waals surface area contributed by atoms with Gasteiger partial charge in [-0.25, -0.2) is 0 Å². The van der Waals surface area contributed by atoms with Crippen molar-refractivity contribution in [3.8, 4) is 5.75 Å². The van der Waals surface area contributed by atoms with Gasteiger partial charge in [-0.15, -0.1) is 0 Å². The van der Waals surface area contributed by atoms with Crippen molar-refractivity contribution in [3.63, 3.8) is 0 Å². The van der Waals surface area contributed by atoms with Crippen molar-refractivity contribution in [1.29, 1.82) is 0 Å². The third kappa shape index (κ3) is 3.47. The Labute approximate surface area is 108 Å². The van der Waals surface area contributed by atoms with Gasteiger partial charge in [-0.3, -0.25) is 4.79 Å². The summed E-state index contributed by atoms with van der Waals surface area (Å²) in [5.74, 6) is -0.270. The SMILES string of the molecule is O=Cc1ccc(OCC2CCCO2)c(C(F)(F)F)c1. The van der Waals surface area contributed by atoms with Gasteiger partial charge in [0.25, 0.3) is 0 Å². The highest BCUT2D eigenvalue weighted by Gasteiger charge is 2.35. The molecule has 1 heterocycles. The van der Waals surface area contributed by atoms with Gasteiger partial charge in [0.05, 0.1) is 11.7 Å². The minimum absolute atomic E-state index is 0.0307. The molecule has 1 aromatic rings. The van der Waals surface area contributed by atoms with E-state index in [1.807, 2.05) is 0 Å². The van der Waals surface area contributed by atoms with E-state index < -0.39 is 11.7 Å². The topological polar surface area (TPSA) is 35.5 Å². The first-order chi connectivity index (χ1) is 9.00. The van der Waals surface area contributed by atoms with Crippen LogP contribution in [-0.4, -0.2) is 25.6 Å². The van der Waals surface area contributed by atoms with Crippen LogP contribution in [-0.2, 0) is 10.9 Å². The maximum atomic E-state index is 12.8. The summed E-state index contributed by atoms with van der Waals surface area (Å²) in [7, 11) is 0. The highest BCUT2D eigenvalue weighted by Crippen LogP contribution is 2.36. The first-order valence-corrected chi connectivity index (χ1v) is 5.91. The third-order valence-corrected chi connectivity index (χ3v) is 2.89. The van der Waals surface area contributed by atoms with E-state index in [1.165, 1.54) is 12.1 Å². The second-order valence-electron chi connectivity index (χ2n) is 4.32. The van der Waals surface area contributed by atoms with Crippen LogP contribution in [0.1, 0.15) is 28.8 Å². The molecule has 0 N–H and O–H groups in total. The number of aldehydes is 1. The van der Waals surface area contributed by atoms with Crippen LogP contribution in [0.3, 0.4) is 0 Å². The molecular formula is C13H13F3O3. The molecule has 6 heteroatoms. The number of hydrogen-bond acceptors (Lipinski definition) is 3. The number of alkyl halides is 3. The fourth-order valence-electron chi connectivity index (χ4n) is 1.93. The van der Waals surface area contributed by atoms with Gasteiger partial charge in [-0.2, -0.15) is 13.2 Å². The molecule has 0 saturated carbocycles. The van der Waals surface area contributed by atoms with Gasteiger partial charge in [0.15, 0.2) is 0 Å². The fourth-order valence-corrected chi connectivity index (χ4v) is 1.93. The van der Waals surface area contributed by atoms with Crippen molar-refractivity contribution < 1.29 is 27.4 Å². The second-order valence-corrected chi connectivity index (χ2v) is 4.32. The lowest BCUT2D eigenvalue weighted by Crippen LogP contribution is -2.18. The summed E-state index contributed by atoms with van der Waals surface area (Å²) in [6.45, 7) is 0.702. The molecule has 1 saturated heterocycles. The number of benzene rings is 1. The zero-order chi connectivity index (χ0) is 13.9. The molecule has 104 valence electrons. The van der Waals surface area contributed by atoms with Crippen molar-refractivity contribution in [2.24, 2.45) is 0 Å². The number of ether oxygens (including phenoxy) is 2. The van der Waals surface area contributed by atoms with E-state index >= 15 is 0 Å². The van der Waals surface area contributed by atoms with Crippen molar-refractivity contribution >= 4 is 6.29 Å². The Kier molecular flexibility index (Phi) is 4.09. The van der Waals surface area contributed by atoms with Crippen LogP contribution in [0.15, 0.2) is 18.2 Å². The van der Waals surface area contributed by atoms with Crippen LogP contribution < -0.4 is 4.74 Å². The molecule has 1 atom stereocenters. The molecule has 0 bridgehead atoms. The van der Waals surface area contributed by atoms with Crippen molar-refractivity contribution in [2.75, 3.05) is 13.2 Å². The maximum absolute atomic E-state index is 12.8. The number of carbonyl (C=O) groups is 1. The van der Waals surface area contributed by atoms with Gasteiger partial charge in [0.1, 0.15) is 18.6 Å². The van der Waals surface area contributed by atoms with Gasteiger partial charge in [0, 0.05) is 12.2 Å². The first-order valence-electron chi connectivity index (χ1n) is 5.91. The highest BCUT2D eigenvalue weighted by molar-refractivity contribution is 5.75. The van der Waals surface area contributed by atoms with Crippen molar-refractivity contribution in [2.45, 2.75) is 25.1 Å². The molecule has 1 unspecified atom stereocenters. The Morgan fingerprint density at radius 3 is 2.79 bits per heavy atom. The molecule has 0 aliphatic carbocycles. The summed E-state index contributed by atoms with van der Waals surface area (Å²) in [5.41, 5.74) is -0.966. The highest BCUT2D eigenvalue weighted by atomic mass is 19.4. The van der Waals surface area contributed by atoms with Crippen LogP contribution in [0.4, 0.5) is 13.2 Å². The average molecular weight is 274 g/mol. The van der Waals surface area contributed by atoms with Crippen molar-refractivity contribution in [1.82, 2.24) is 0 Å². The van der Waals surface area contributed by atoms with Gasteiger partial charge in [-0.1, -0.05) is 0 Å². The minimum atomic E-state index is -4.55. The molecule has 1 aliphatic heterocycles. The van der Waals surface area contributed by atoms with Crippen LogP contribution in [0, 0.1) is 0 Å². The summed E-state index contributed by atoms with van der Waals surface area (Å²) in [4.78, 5) is 10.5. The smallest absolute Gasteiger partial charge is 0.419 e. The predicted molar refractivity (Wildman–Crippen MR) is 61.3 cm³/mol. The number of halogens is 3. The van der Waals surface area contributed by atoms with Crippen LogP contribution in [0.2, 0.25) is 0 Å². The standard InChI is InChI=1S/C13H13F3O3/c14-13(15,16)11-6-9(7-17)3-4-12(11)19-8-10-2-1-5-18-10/h3-4,6-7,10H,1-2,5,8H2. The Morgan fingerprint density at radius 1 is 1.42 bits per heavy atom. The summed E-state index contributed by atoms with van der Waals surface area (Å²) >= 11 is 0. The number of hydrogen-bond donors (Lipinski definition) is 0. The molecule has 1 fully saturated rings. The minimum Gasteiger partial charge on any atom is -0.490 e. The van der Waals surface area contributed by atoms with E-state index in [-0.39, 0.29) is 24.0 Å². The summed E-state index contributed by atoms with van der Waals surface area (Å²) in [5, 5.41) is 0. The maximum Gasteiger partial charge on any atom is 0.419 e. The van der Waals surface area contributed by atoms with E-state index in [0.717, 1.165) is 18.9 Å². The van der Waals surface area contributed by atoms with Gasteiger partial charge in [-0.05, 0) is 31.0 Å². The largest absolute Gasteiger partial charge is 0.490 e. The quantitative estimate of drug-likeness (QED) is 0.791. The van der Waals surface area contributed by atoms with E-state index in [0.29, 0.717) is 12.9 Å². The fraction of sp³-hybridized carbons (Fsp3) is 0.462. The Hall–Kier alpha value is -1.56. The zero-order valence-electron chi connectivity index (χ0n) is 10.1. The van der Waals surface area contributed by atoms with E-state index in [4.69, 9.17) is 9.47 Å². The van der Waals surface area contributed by atoms with Crippen LogP contribution in [0.25, 0.3) is 0 Å². The predicted octanol–water partition coefficient (Wildman–Crippen LogP) is 3.08. The zero-order valence-corrected chi connectivity index (χ0v) is 10.1. The van der Waals surface area contributed by atoms with Gasteiger partial charge >= 0.3 is 6.18 Å². The molecule has 1 aromatic carbocycles. The molecule has 0 spiro atoms. The molecule has 0 radical (unpaired) electrons. The Morgan fingerprint density at radius 2 is 2.21 bits per heavy atom.